The van der Waals surface area contributed by atoms with Gasteiger partial charge in [0.05, 0.1) is 0 Å². The minimum atomic E-state index is -4.22. The zero-order valence-corrected chi connectivity index (χ0v) is 11.9. The fourth-order valence-electron chi connectivity index (χ4n) is 1.71. The number of nitrogens with zero attached hydrogens (tertiary/aromatic N) is 1. The molecule has 0 radical (unpaired) electrons. The minimum absolute atomic E-state index is 0.0767. The third-order valence-corrected chi connectivity index (χ3v) is 3.32. The lowest BCUT2D eigenvalue weighted by Gasteiger charge is -2.16. The Labute approximate surface area is 116 Å². The predicted molar refractivity (Wildman–Crippen MR) is 73.2 cm³/mol. The van der Waals surface area contributed by atoms with Crippen molar-refractivity contribution < 1.29 is 13.2 Å². The highest BCUT2D eigenvalue weighted by Crippen LogP contribution is 2.36. The van der Waals surface area contributed by atoms with E-state index in [0.29, 0.717) is 0 Å². The largest absolute Gasteiger partial charge is 0.446 e. The first-order valence-electron chi connectivity index (χ1n) is 6.08. The van der Waals surface area contributed by atoms with Crippen LogP contribution in [0.25, 0.3) is 0 Å². The Bertz CT molecular complexity index is 365. The topological polar surface area (TPSA) is 15.3 Å². The highest BCUT2D eigenvalue weighted by Gasteiger charge is 2.28. The van der Waals surface area contributed by atoms with Gasteiger partial charge in [-0.2, -0.15) is 13.2 Å². The Morgan fingerprint density at radius 2 is 1.84 bits per heavy atom. The van der Waals surface area contributed by atoms with Gasteiger partial charge in [0.25, 0.3) is 0 Å². The summed E-state index contributed by atoms with van der Waals surface area (Å²) in [6, 6.07) is 6.55. The van der Waals surface area contributed by atoms with Crippen molar-refractivity contribution in [1.29, 1.82) is 0 Å². The molecular formula is C13H19F3N2S. The molecule has 1 rings (SSSR count). The fraction of sp³-hybridized carbons (Fsp3) is 0.538. The van der Waals surface area contributed by atoms with Crippen LogP contribution in [0.4, 0.5) is 13.2 Å². The van der Waals surface area contributed by atoms with Crippen LogP contribution in [0, 0.1) is 0 Å². The maximum absolute atomic E-state index is 12.2. The van der Waals surface area contributed by atoms with Crippen molar-refractivity contribution in [3.63, 3.8) is 0 Å². The van der Waals surface area contributed by atoms with Gasteiger partial charge in [0.2, 0.25) is 0 Å². The summed E-state index contributed by atoms with van der Waals surface area (Å²) < 4.78 is 36.5. The molecule has 0 spiro atoms. The highest BCUT2D eigenvalue weighted by molar-refractivity contribution is 8.00. The second-order valence-corrected chi connectivity index (χ2v) is 5.53. The Morgan fingerprint density at radius 3 is 2.37 bits per heavy atom. The van der Waals surface area contributed by atoms with Crippen LogP contribution in [0.15, 0.2) is 29.2 Å². The van der Waals surface area contributed by atoms with Gasteiger partial charge in [0, 0.05) is 11.4 Å². The second-order valence-electron chi connectivity index (χ2n) is 4.39. The molecule has 0 heterocycles. The van der Waals surface area contributed by atoms with E-state index < -0.39 is 5.51 Å². The summed E-state index contributed by atoms with van der Waals surface area (Å²) in [7, 11) is 3.92. The molecule has 2 nitrogen and oxygen atoms in total. The lowest BCUT2D eigenvalue weighted by molar-refractivity contribution is -0.0328. The van der Waals surface area contributed by atoms with Crippen LogP contribution < -0.4 is 5.32 Å². The highest BCUT2D eigenvalue weighted by atomic mass is 32.2. The van der Waals surface area contributed by atoms with Crippen LogP contribution in [0.1, 0.15) is 12.0 Å². The SMILES string of the molecule is CNCCCN(C)Cc1ccc(SC(F)(F)F)cc1. The molecule has 0 aliphatic heterocycles. The maximum atomic E-state index is 12.2. The van der Waals surface area contributed by atoms with Crippen LogP contribution in [-0.2, 0) is 6.54 Å². The first-order valence-corrected chi connectivity index (χ1v) is 6.90. The van der Waals surface area contributed by atoms with Crippen molar-refractivity contribution in [1.82, 2.24) is 10.2 Å². The average molecular weight is 292 g/mol. The summed E-state index contributed by atoms with van der Waals surface area (Å²) in [5.41, 5.74) is -3.19. The number of rotatable bonds is 7. The third kappa shape index (κ3) is 7.44. The maximum Gasteiger partial charge on any atom is 0.446 e. The van der Waals surface area contributed by atoms with E-state index in [1.807, 2.05) is 14.1 Å². The zero-order chi connectivity index (χ0) is 14.3. The number of thioether (sulfide) groups is 1. The Morgan fingerprint density at radius 1 is 1.21 bits per heavy atom. The number of halogens is 3. The molecule has 19 heavy (non-hydrogen) atoms. The van der Waals surface area contributed by atoms with Crippen LogP contribution in [0.3, 0.4) is 0 Å². The summed E-state index contributed by atoms with van der Waals surface area (Å²) >= 11 is -0.0767. The van der Waals surface area contributed by atoms with E-state index in [-0.39, 0.29) is 16.7 Å². The molecule has 1 aromatic rings. The summed E-state index contributed by atoms with van der Waals surface area (Å²) in [6.07, 6.45) is 1.05. The number of nitrogens with one attached hydrogen (secondary N) is 1. The summed E-state index contributed by atoms with van der Waals surface area (Å²) in [6.45, 7) is 2.67. The molecule has 0 aliphatic rings. The van der Waals surface area contributed by atoms with Crippen molar-refractivity contribution in [2.75, 3.05) is 27.2 Å². The normalized spacial score (nSPS) is 12.1. The Kier molecular flexibility index (Phi) is 6.68. The van der Waals surface area contributed by atoms with Gasteiger partial charge in [-0.25, -0.2) is 0 Å². The molecule has 0 aliphatic carbocycles. The Hall–Kier alpha value is -0.720. The molecule has 0 unspecified atom stereocenters. The van der Waals surface area contributed by atoms with Gasteiger partial charge in [0.1, 0.15) is 0 Å². The minimum Gasteiger partial charge on any atom is -0.320 e. The molecule has 0 amide bonds. The van der Waals surface area contributed by atoms with Gasteiger partial charge < -0.3 is 10.2 Å². The van der Waals surface area contributed by atoms with Gasteiger partial charge in [-0.3, -0.25) is 0 Å². The van der Waals surface area contributed by atoms with E-state index in [9.17, 15) is 13.2 Å². The molecule has 6 heteroatoms. The van der Waals surface area contributed by atoms with Crippen molar-refractivity contribution in [2.45, 2.75) is 23.4 Å². The molecule has 0 saturated heterocycles. The van der Waals surface area contributed by atoms with E-state index in [1.54, 1.807) is 12.1 Å². The quantitative estimate of drug-likeness (QED) is 0.613. The van der Waals surface area contributed by atoms with Crippen molar-refractivity contribution in [2.24, 2.45) is 0 Å². The van der Waals surface area contributed by atoms with E-state index in [2.05, 4.69) is 10.2 Å². The van der Waals surface area contributed by atoms with E-state index in [0.717, 1.165) is 31.6 Å². The van der Waals surface area contributed by atoms with Crippen LogP contribution in [0.5, 0.6) is 0 Å². The van der Waals surface area contributed by atoms with Gasteiger partial charge >= 0.3 is 5.51 Å². The summed E-state index contributed by atoms with van der Waals surface area (Å²) in [5, 5.41) is 3.08. The first kappa shape index (κ1) is 16.3. The van der Waals surface area contributed by atoms with E-state index >= 15 is 0 Å². The van der Waals surface area contributed by atoms with Crippen molar-refractivity contribution in [3.8, 4) is 0 Å². The zero-order valence-electron chi connectivity index (χ0n) is 11.1. The van der Waals surface area contributed by atoms with E-state index in [4.69, 9.17) is 0 Å². The molecule has 0 aromatic heterocycles. The molecule has 108 valence electrons. The Balaban J connectivity index is 2.43. The fourth-order valence-corrected chi connectivity index (χ4v) is 2.25. The molecule has 1 aromatic carbocycles. The van der Waals surface area contributed by atoms with Gasteiger partial charge in [0.15, 0.2) is 0 Å². The molecule has 0 fully saturated rings. The lowest BCUT2D eigenvalue weighted by Crippen LogP contribution is -2.22. The lowest BCUT2D eigenvalue weighted by atomic mass is 10.2. The van der Waals surface area contributed by atoms with Gasteiger partial charge in [-0.15, -0.1) is 0 Å². The van der Waals surface area contributed by atoms with Gasteiger partial charge in [-0.05, 0) is 63.1 Å². The molecule has 0 bridgehead atoms. The standard InChI is InChI=1S/C13H19F3N2S/c1-17-8-3-9-18(2)10-11-4-6-12(7-5-11)19-13(14,15)16/h4-7,17H,3,8-10H2,1-2H3. The van der Waals surface area contributed by atoms with E-state index in [1.165, 1.54) is 12.1 Å². The van der Waals surface area contributed by atoms with Crippen molar-refractivity contribution in [3.05, 3.63) is 29.8 Å². The van der Waals surface area contributed by atoms with Crippen molar-refractivity contribution >= 4 is 11.8 Å². The first-order chi connectivity index (χ1) is 8.90. The monoisotopic (exact) mass is 292 g/mol. The number of hydrogen-bond donors (Lipinski definition) is 1. The number of benzene rings is 1. The number of alkyl halides is 3. The van der Waals surface area contributed by atoms with Crippen LogP contribution in [0.2, 0.25) is 0 Å². The van der Waals surface area contributed by atoms with Crippen LogP contribution >= 0.6 is 11.8 Å². The predicted octanol–water partition coefficient (Wildman–Crippen LogP) is 3.34. The molecular weight excluding hydrogens is 273 g/mol. The summed E-state index contributed by atoms with van der Waals surface area (Å²) in [5.74, 6) is 0. The van der Waals surface area contributed by atoms with Crippen LogP contribution in [-0.4, -0.2) is 37.6 Å². The molecule has 1 N–H and O–H groups in total. The number of hydrogen-bond acceptors (Lipinski definition) is 3. The molecule has 0 atom stereocenters. The van der Waals surface area contributed by atoms with Gasteiger partial charge in [-0.1, -0.05) is 12.1 Å². The smallest absolute Gasteiger partial charge is 0.320 e. The average Bonchev–Trinajstić information content (AvgIpc) is 2.30. The third-order valence-electron chi connectivity index (χ3n) is 2.58. The summed E-state index contributed by atoms with van der Waals surface area (Å²) in [4.78, 5) is 2.39. The second kappa shape index (κ2) is 7.77. The molecule has 0 saturated carbocycles.